The Kier molecular flexibility index (Phi) is 2.63. The minimum Gasteiger partial charge on any atom is -0.302 e. The average Bonchev–Trinajstić information content (AvgIpc) is 2.37. The molecule has 1 aliphatic rings. The standard InChI is InChI=1S/C9H6Cl2O3S/c10-9(11)4-5-3-6(15(13)14)1-2-7(5)8(9)12/h1-3H,4H2,(H,13,14). The molecule has 1 N–H and O–H groups in total. The van der Waals surface area contributed by atoms with Crippen LogP contribution in [-0.2, 0) is 17.5 Å². The first-order valence-corrected chi connectivity index (χ1v) is 5.94. The van der Waals surface area contributed by atoms with Crippen molar-refractivity contribution in [1.82, 2.24) is 0 Å². The summed E-state index contributed by atoms with van der Waals surface area (Å²) >= 11 is 9.53. The van der Waals surface area contributed by atoms with Gasteiger partial charge in [-0.1, -0.05) is 23.2 Å². The summed E-state index contributed by atoms with van der Waals surface area (Å²) in [5.74, 6) is -0.351. The van der Waals surface area contributed by atoms with Gasteiger partial charge in [0, 0.05) is 12.0 Å². The van der Waals surface area contributed by atoms with Gasteiger partial charge in [0.1, 0.15) is 0 Å². The van der Waals surface area contributed by atoms with Crippen LogP contribution in [0.15, 0.2) is 23.1 Å². The summed E-state index contributed by atoms with van der Waals surface area (Å²) in [7, 11) is 0. The number of alkyl halides is 2. The molecule has 0 aromatic heterocycles. The van der Waals surface area contributed by atoms with E-state index in [2.05, 4.69) is 0 Å². The SMILES string of the molecule is O=C1c2ccc(S(=O)O)cc2CC1(Cl)Cl. The first kappa shape index (κ1) is 11.1. The summed E-state index contributed by atoms with van der Waals surface area (Å²) in [5, 5.41) is 0. The molecule has 1 aliphatic carbocycles. The quantitative estimate of drug-likeness (QED) is 0.625. The monoisotopic (exact) mass is 264 g/mol. The summed E-state index contributed by atoms with van der Waals surface area (Å²) in [4.78, 5) is 11.8. The molecule has 0 fully saturated rings. The van der Waals surface area contributed by atoms with Gasteiger partial charge in [0.05, 0.1) is 4.90 Å². The van der Waals surface area contributed by atoms with Crippen LogP contribution in [0.25, 0.3) is 0 Å². The molecule has 0 amide bonds. The Labute approximate surface area is 98.7 Å². The molecular weight excluding hydrogens is 259 g/mol. The van der Waals surface area contributed by atoms with Gasteiger partial charge in [0.2, 0.25) is 0 Å². The van der Waals surface area contributed by atoms with Gasteiger partial charge in [-0.25, -0.2) is 4.21 Å². The Balaban J connectivity index is 2.52. The highest BCUT2D eigenvalue weighted by atomic mass is 35.5. The van der Waals surface area contributed by atoms with E-state index in [-0.39, 0.29) is 17.1 Å². The summed E-state index contributed by atoms with van der Waals surface area (Å²) in [5.41, 5.74) is 1.04. The number of ketones is 1. The Bertz CT molecular complexity index is 470. The average molecular weight is 265 g/mol. The van der Waals surface area contributed by atoms with Gasteiger partial charge in [0.15, 0.2) is 21.2 Å². The molecule has 15 heavy (non-hydrogen) atoms. The van der Waals surface area contributed by atoms with E-state index in [0.29, 0.717) is 11.1 Å². The van der Waals surface area contributed by atoms with E-state index in [1.165, 1.54) is 18.2 Å². The third-order valence-electron chi connectivity index (χ3n) is 2.27. The third-order valence-corrected chi connectivity index (χ3v) is 3.54. The lowest BCUT2D eigenvalue weighted by Crippen LogP contribution is -2.20. The molecule has 0 bridgehead atoms. The zero-order valence-corrected chi connectivity index (χ0v) is 9.70. The molecule has 0 saturated carbocycles. The zero-order chi connectivity index (χ0) is 11.2. The number of hydrogen-bond acceptors (Lipinski definition) is 2. The zero-order valence-electron chi connectivity index (χ0n) is 7.37. The second kappa shape index (κ2) is 3.56. The Morgan fingerprint density at radius 3 is 2.67 bits per heavy atom. The maximum absolute atomic E-state index is 11.6. The fourth-order valence-corrected chi connectivity index (χ4v) is 2.48. The predicted molar refractivity (Wildman–Crippen MR) is 58.0 cm³/mol. The molecule has 1 aromatic carbocycles. The third kappa shape index (κ3) is 1.83. The highest BCUT2D eigenvalue weighted by Gasteiger charge is 2.42. The summed E-state index contributed by atoms with van der Waals surface area (Å²) in [6.07, 6.45) is 0.176. The first-order valence-electron chi connectivity index (χ1n) is 4.08. The molecule has 1 unspecified atom stereocenters. The van der Waals surface area contributed by atoms with E-state index in [1.807, 2.05) is 0 Å². The molecule has 2 rings (SSSR count). The highest BCUT2D eigenvalue weighted by molar-refractivity contribution is 7.79. The minimum atomic E-state index is -2.05. The molecule has 0 heterocycles. The Morgan fingerprint density at radius 1 is 1.40 bits per heavy atom. The van der Waals surface area contributed by atoms with Crippen LogP contribution in [0.1, 0.15) is 15.9 Å². The van der Waals surface area contributed by atoms with Crippen molar-refractivity contribution in [2.75, 3.05) is 0 Å². The Hall–Kier alpha value is -0.420. The fraction of sp³-hybridized carbons (Fsp3) is 0.222. The topological polar surface area (TPSA) is 54.4 Å². The van der Waals surface area contributed by atoms with E-state index in [9.17, 15) is 9.00 Å². The van der Waals surface area contributed by atoms with Crippen molar-refractivity contribution in [1.29, 1.82) is 0 Å². The van der Waals surface area contributed by atoms with Crippen LogP contribution in [0.4, 0.5) is 0 Å². The van der Waals surface area contributed by atoms with Gasteiger partial charge in [0.25, 0.3) is 0 Å². The van der Waals surface area contributed by atoms with Crippen molar-refractivity contribution < 1.29 is 13.6 Å². The number of fused-ring (bicyclic) bond motifs is 1. The van der Waals surface area contributed by atoms with Crippen LogP contribution < -0.4 is 0 Å². The van der Waals surface area contributed by atoms with Crippen molar-refractivity contribution in [2.45, 2.75) is 15.6 Å². The number of rotatable bonds is 1. The maximum atomic E-state index is 11.6. The van der Waals surface area contributed by atoms with E-state index in [4.69, 9.17) is 27.8 Å². The molecule has 0 radical (unpaired) electrons. The predicted octanol–water partition coefficient (Wildman–Crippen LogP) is 2.18. The highest BCUT2D eigenvalue weighted by Crippen LogP contribution is 2.38. The lowest BCUT2D eigenvalue weighted by molar-refractivity contribution is 0.0985. The molecule has 80 valence electrons. The van der Waals surface area contributed by atoms with Crippen LogP contribution in [-0.4, -0.2) is 18.9 Å². The van der Waals surface area contributed by atoms with Gasteiger partial charge in [-0.05, 0) is 23.8 Å². The minimum absolute atomic E-state index is 0.176. The van der Waals surface area contributed by atoms with Gasteiger partial charge in [-0.3, -0.25) is 4.79 Å². The van der Waals surface area contributed by atoms with E-state index in [1.54, 1.807) is 0 Å². The first-order chi connectivity index (χ1) is 6.92. The van der Waals surface area contributed by atoms with Crippen LogP contribution in [0, 0.1) is 0 Å². The molecule has 0 aliphatic heterocycles. The summed E-state index contributed by atoms with van der Waals surface area (Å²) in [6, 6.07) is 4.38. The van der Waals surface area contributed by atoms with Crippen LogP contribution in [0.2, 0.25) is 0 Å². The number of Topliss-reactive ketones (excluding diaryl/α,β-unsaturated/α-hetero) is 1. The molecule has 0 spiro atoms. The van der Waals surface area contributed by atoms with Gasteiger partial charge in [-0.2, -0.15) is 0 Å². The smallest absolute Gasteiger partial charge is 0.199 e. The maximum Gasteiger partial charge on any atom is 0.199 e. The van der Waals surface area contributed by atoms with Crippen LogP contribution in [0.5, 0.6) is 0 Å². The van der Waals surface area contributed by atoms with Gasteiger partial charge < -0.3 is 4.55 Å². The normalized spacial score (nSPS) is 20.1. The van der Waals surface area contributed by atoms with Gasteiger partial charge in [-0.15, -0.1) is 0 Å². The molecule has 1 aromatic rings. The summed E-state index contributed by atoms with van der Waals surface area (Å²) in [6.45, 7) is 0. The van der Waals surface area contributed by atoms with Gasteiger partial charge >= 0.3 is 0 Å². The lowest BCUT2D eigenvalue weighted by atomic mass is 10.1. The molecule has 1 atom stereocenters. The van der Waals surface area contributed by atoms with Crippen molar-refractivity contribution in [3.8, 4) is 0 Å². The number of halogens is 2. The van der Waals surface area contributed by atoms with Crippen LogP contribution in [0.3, 0.4) is 0 Å². The van der Waals surface area contributed by atoms with Crippen molar-refractivity contribution in [3.05, 3.63) is 29.3 Å². The summed E-state index contributed by atoms with van der Waals surface area (Å²) < 4.78 is 18.2. The number of benzene rings is 1. The van der Waals surface area contributed by atoms with E-state index in [0.717, 1.165) is 0 Å². The number of hydrogen-bond donors (Lipinski definition) is 1. The van der Waals surface area contributed by atoms with Crippen molar-refractivity contribution in [3.63, 3.8) is 0 Å². The second-order valence-electron chi connectivity index (χ2n) is 3.28. The second-order valence-corrected chi connectivity index (χ2v) is 5.73. The molecule has 0 saturated heterocycles. The van der Waals surface area contributed by atoms with Crippen LogP contribution >= 0.6 is 23.2 Å². The fourth-order valence-electron chi connectivity index (χ4n) is 1.56. The van der Waals surface area contributed by atoms with E-state index < -0.39 is 15.4 Å². The Morgan fingerprint density at radius 2 is 2.07 bits per heavy atom. The molecular formula is C9H6Cl2O3S. The van der Waals surface area contributed by atoms with Crippen molar-refractivity contribution in [2.24, 2.45) is 0 Å². The molecule has 6 heteroatoms. The van der Waals surface area contributed by atoms with E-state index >= 15 is 0 Å². The molecule has 3 nitrogen and oxygen atoms in total. The number of carbonyl (C=O) groups is 1. The lowest BCUT2D eigenvalue weighted by Gasteiger charge is -2.06. The largest absolute Gasteiger partial charge is 0.302 e. The number of carbonyl (C=O) groups excluding carboxylic acids is 1. The van der Waals surface area contributed by atoms with Crippen molar-refractivity contribution >= 4 is 40.1 Å².